The highest BCUT2D eigenvalue weighted by molar-refractivity contribution is 7.82. The summed E-state index contributed by atoms with van der Waals surface area (Å²) in [6.45, 7) is 2.58. The monoisotopic (exact) mass is 230 g/mol. The molecule has 0 bridgehead atoms. The van der Waals surface area contributed by atoms with Crippen molar-refractivity contribution in [1.29, 1.82) is 0 Å². The topological polar surface area (TPSA) is 46.2 Å². The van der Waals surface area contributed by atoms with Crippen molar-refractivity contribution in [3.05, 3.63) is 18.7 Å². The lowest BCUT2D eigenvalue weighted by molar-refractivity contribution is -0.515. The SMILES string of the molecule is C[C@@H]1CCCN1S(=O)(=O)[n+]1ccn(C)c1. The minimum Gasteiger partial charge on any atom is -0.238 e. The molecular formula is C9H16N3O2S+. The smallest absolute Gasteiger partial charge is 0.238 e. The molecule has 0 aromatic carbocycles. The second-order valence-corrected chi connectivity index (χ2v) is 5.81. The Bertz CT molecular complexity index is 452. The Morgan fingerprint density at radius 1 is 1.47 bits per heavy atom. The summed E-state index contributed by atoms with van der Waals surface area (Å²) in [5.41, 5.74) is 0. The van der Waals surface area contributed by atoms with Gasteiger partial charge in [0.25, 0.3) is 6.33 Å². The zero-order chi connectivity index (χ0) is 11.1. The zero-order valence-electron chi connectivity index (χ0n) is 9.00. The molecule has 2 rings (SSSR count). The van der Waals surface area contributed by atoms with E-state index >= 15 is 0 Å². The number of hydrogen-bond donors (Lipinski definition) is 0. The lowest BCUT2D eigenvalue weighted by atomic mass is 10.3. The Morgan fingerprint density at radius 3 is 2.67 bits per heavy atom. The largest absolute Gasteiger partial charge is 0.380 e. The number of rotatable bonds is 2. The van der Waals surface area contributed by atoms with Crippen LogP contribution in [0, 0.1) is 0 Å². The van der Waals surface area contributed by atoms with Crippen LogP contribution in [0.1, 0.15) is 19.8 Å². The van der Waals surface area contributed by atoms with Crippen molar-refractivity contribution in [1.82, 2.24) is 8.87 Å². The Labute approximate surface area is 90.1 Å². The minimum atomic E-state index is -3.34. The summed E-state index contributed by atoms with van der Waals surface area (Å²) >= 11 is 0. The number of hydrogen-bond acceptors (Lipinski definition) is 2. The van der Waals surface area contributed by atoms with E-state index in [0.717, 1.165) is 12.8 Å². The van der Waals surface area contributed by atoms with Gasteiger partial charge in [-0.3, -0.25) is 0 Å². The van der Waals surface area contributed by atoms with Gasteiger partial charge in [-0.1, -0.05) is 0 Å². The van der Waals surface area contributed by atoms with E-state index in [2.05, 4.69) is 0 Å². The Morgan fingerprint density at radius 2 is 2.20 bits per heavy atom. The highest BCUT2D eigenvalue weighted by Crippen LogP contribution is 2.18. The molecular weight excluding hydrogens is 214 g/mol. The molecule has 0 saturated carbocycles. The van der Waals surface area contributed by atoms with Crippen molar-refractivity contribution in [2.75, 3.05) is 6.54 Å². The standard InChI is InChI=1S/C9H16N3O2S/c1-9-4-3-5-12(9)15(13,14)11-7-6-10(2)8-11/h6-9H,3-5H2,1-2H3/q+1/t9-/m1/s1. The predicted octanol–water partition coefficient (Wildman–Crippen LogP) is -0.110. The summed E-state index contributed by atoms with van der Waals surface area (Å²) < 4.78 is 28.8. The molecule has 15 heavy (non-hydrogen) atoms. The predicted molar refractivity (Wildman–Crippen MR) is 55.3 cm³/mol. The highest BCUT2D eigenvalue weighted by Gasteiger charge is 2.35. The molecule has 1 aliphatic heterocycles. The molecule has 0 amide bonds. The summed E-state index contributed by atoms with van der Waals surface area (Å²) in [4.78, 5) is 0. The van der Waals surface area contributed by atoms with Crippen molar-refractivity contribution >= 4 is 10.2 Å². The third-order valence-corrected chi connectivity index (χ3v) is 4.68. The van der Waals surface area contributed by atoms with Crippen LogP contribution in [0.3, 0.4) is 0 Å². The molecule has 84 valence electrons. The molecule has 0 spiro atoms. The Balaban J connectivity index is 2.34. The quantitative estimate of drug-likeness (QED) is 0.666. The third-order valence-electron chi connectivity index (χ3n) is 2.80. The number of nitrogens with zero attached hydrogens (tertiary/aromatic N) is 3. The van der Waals surface area contributed by atoms with Crippen molar-refractivity contribution in [3.8, 4) is 0 Å². The van der Waals surface area contributed by atoms with E-state index in [4.69, 9.17) is 0 Å². The normalized spacial score (nSPS) is 23.5. The van der Waals surface area contributed by atoms with Crippen LogP contribution in [0.2, 0.25) is 0 Å². The maximum Gasteiger partial charge on any atom is 0.380 e. The van der Waals surface area contributed by atoms with Gasteiger partial charge in [-0.15, -0.1) is 3.97 Å². The highest BCUT2D eigenvalue weighted by atomic mass is 32.2. The second-order valence-electron chi connectivity index (χ2n) is 4.02. The summed E-state index contributed by atoms with van der Waals surface area (Å²) in [5.74, 6) is 0. The lowest BCUT2D eigenvalue weighted by Crippen LogP contribution is -2.52. The van der Waals surface area contributed by atoms with Crippen LogP contribution < -0.4 is 3.97 Å². The molecule has 6 heteroatoms. The molecule has 5 nitrogen and oxygen atoms in total. The van der Waals surface area contributed by atoms with E-state index in [1.165, 1.54) is 3.97 Å². The minimum absolute atomic E-state index is 0.114. The van der Waals surface area contributed by atoms with Crippen molar-refractivity contribution in [2.24, 2.45) is 7.05 Å². The fourth-order valence-electron chi connectivity index (χ4n) is 1.93. The van der Waals surface area contributed by atoms with Gasteiger partial charge in [-0.25, -0.2) is 4.57 Å². The van der Waals surface area contributed by atoms with Gasteiger partial charge in [0.15, 0.2) is 0 Å². The van der Waals surface area contributed by atoms with Gasteiger partial charge >= 0.3 is 10.2 Å². The van der Waals surface area contributed by atoms with Crippen molar-refractivity contribution in [3.63, 3.8) is 0 Å². The summed E-state index contributed by atoms with van der Waals surface area (Å²) in [7, 11) is -1.53. The van der Waals surface area contributed by atoms with Crippen LogP contribution in [0.15, 0.2) is 18.7 Å². The molecule has 2 heterocycles. The summed E-state index contributed by atoms with van der Waals surface area (Å²) in [6.07, 6.45) is 6.76. The average Bonchev–Trinajstić information content (AvgIpc) is 2.74. The van der Waals surface area contributed by atoms with Crippen LogP contribution in [0.4, 0.5) is 0 Å². The van der Waals surface area contributed by atoms with E-state index in [1.807, 2.05) is 6.92 Å². The first kappa shape index (κ1) is 10.6. The first-order valence-corrected chi connectivity index (χ1v) is 6.47. The third kappa shape index (κ3) is 1.79. The molecule has 0 unspecified atom stereocenters. The van der Waals surface area contributed by atoms with Crippen molar-refractivity contribution in [2.45, 2.75) is 25.8 Å². The number of aromatic nitrogens is 2. The average molecular weight is 230 g/mol. The van der Waals surface area contributed by atoms with E-state index in [0.29, 0.717) is 6.54 Å². The van der Waals surface area contributed by atoms with E-state index in [1.54, 1.807) is 34.6 Å². The second kappa shape index (κ2) is 3.61. The fourth-order valence-corrected chi connectivity index (χ4v) is 3.57. The van der Waals surface area contributed by atoms with Crippen LogP contribution in [-0.2, 0) is 17.3 Å². The molecule has 1 aliphatic rings. The van der Waals surface area contributed by atoms with E-state index in [9.17, 15) is 8.42 Å². The van der Waals surface area contributed by atoms with Crippen LogP contribution >= 0.6 is 0 Å². The fraction of sp³-hybridized carbons (Fsp3) is 0.667. The molecule has 1 aromatic heterocycles. The first-order chi connectivity index (χ1) is 7.01. The maximum atomic E-state index is 12.1. The molecule has 1 atom stereocenters. The summed E-state index contributed by atoms with van der Waals surface area (Å²) in [5, 5.41) is 0. The van der Waals surface area contributed by atoms with Crippen molar-refractivity contribution < 1.29 is 12.4 Å². The van der Waals surface area contributed by atoms with E-state index < -0.39 is 10.2 Å². The van der Waals surface area contributed by atoms with Gasteiger partial charge in [-0.2, -0.15) is 12.7 Å². The number of imidazole rings is 1. The van der Waals surface area contributed by atoms with Gasteiger partial charge in [0.05, 0.1) is 7.05 Å². The molecule has 0 aliphatic carbocycles. The van der Waals surface area contributed by atoms with Crippen LogP contribution in [0.25, 0.3) is 0 Å². The van der Waals surface area contributed by atoms with Gasteiger partial charge < -0.3 is 0 Å². The maximum absolute atomic E-state index is 12.1. The summed E-state index contributed by atoms with van der Waals surface area (Å²) in [6, 6.07) is 0.114. The lowest BCUT2D eigenvalue weighted by Gasteiger charge is -2.17. The molecule has 1 saturated heterocycles. The zero-order valence-corrected chi connectivity index (χ0v) is 9.81. The van der Waals surface area contributed by atoms with Gasteiger partial charge in [0.1, 0.15) is 12.4 Å². The van der Waals surface area contributed by atoms with Gasteiger partial charge in [0, 0.05) is 12.6 Å². The van der Waals surface area contributed by atoms with Gasteiger partial charge in [0.2, 0.25) is 0 Å². The molecule has 1 fully saturated rings. The number of aryl methyl sites for hydroxylation is 1. The first-order valence-electron chi connectivity index (χ1n) is 5.07. The molecule has 0 radical (unpaired) electrons. The Hall–Kier alpha value is -0.880. The van der Waals surface area contributed by atoms with Gasteiger partial charge in [-0.05, 0) is 19.8 Å². The van der Waals surface area contributed by atoms with Crippen LogP contribution in [0.5, 0.6) is 0 Å². The molecule has 0 N–H and O–H groups in total. The van der Waals surface area contributed by atoms with Crippen LogP contribution in [-0.4, -0.2) is 29.9 Å². The Kier molecular flexibility index (Phi) is 2.56. The molecule has 1 aromatic rings. The van der Waals surface area contributed by atoms with E-state index in [-0.39, 0.29) is 6.04 Å².